The third-order valence-electron chi connectivity index (χ3n) is 2.29. The molecule has 0 spiro atoms. The first-order chi connectivity index (χ1) is 6.27. The van der Waals surface area contributed by atoms with E-state index >= 15 is 0 Å². The lowest BCUT2D eigenvalue weighted by molar-refractivity contribution is -0.0939. The largest absolute Gasteiger partial charge is 0.428 e. The summed E-state index contributed by atoms with van der Waals surface area (Å²) in [6.07, 6.45) is 2.05. The van der Waals surface area contributed by atoms with Crippen LogP contribution in [0.1, 0.15) is 26.7 Å². The number of hydroxylamine groups is 2. The molecule has 0 aromatic rings. The third kappa shape index (κ3) is 2.88. The summed E-state index contributed by atoms with van der Waals surface area (Å²) < 4.78 is 0. The summed E-state index contributed by atoms with van der Waals surface area (Å²) in [6.45, 7) is 7.09. The van der Waals surface area contributed by atoms with Crippen LogP contribution in [0.15, 0.2) is 0 Å². The highest BCUT2D eigenvalue weighted by Crippen LogP contribution is 2.08. The maximum Gasteiger partial charge on any atom is 0.428 e. The molecule has 0 saturated carbocycles. The first-order valence-electron chi connectivity index (χ1n) is 4.99. The number of amides is 1. The second-order valence-electron chi connectivity index (χ2n) is 3.17. The molecule has 1 amide bonds. The molecule has 4 heteroatoms. The fourth-order valence-corrected chi connectivity index (χ4v) is 1.43. The fraction of sp³-hybridized carbons (Fsp3) is 0.889. The molecule has 1 aliphatic rings. The van der Waals surface area contributed by atoms with Crippen LogP contribution in [0.3, 0.4) is 0 Å². The van der Waals surface area contributed by atoms with Gasteiger partial charge in [-0.2, -0.15) is 0 Å². The Kier molecular flexibility index (Phi) is 4.02. The SMILES string of the molecule is CCN(CC)C(=O)ON1CCCC1. The van der Waals surface area contributed by atoms with Crippen molar-refractivity contribution in [3.8, 4) is 0 Å². The highest BCUT2D eigenvalue weighted by molar-refractivity contribution is 5.67. The van der Waals surface area contributed by atoms with Crippen LogP contribution in [0.4, 0.5) is 4.79 Å². The zero-order valence-corrected chi connectivity index (χ0v) is 8.45. The van der Waals surface area contributed by atoms with Gasteiger partial charge in [0.25, 0.3) is 0 Å². The van der Waals surface area contributed by atoms with E-state index in [0.29, 0.717) is 13.1 Å². The highest BCUT2D eigenvalue weighted by Gasteiger charge is 2.19. The molecule has 1 saturated heterocycles. The molecular formula is C9H18N2O2. The van der Waals surface area contributed by atoms with Crippen molar-refractivity contribution in [2.75, 3.05) is 26.2 Å². The van der Waals surface area contributed by atoms with Crippen LogP contribution in [0, 0.1) is 0 Å². The first kappa shape index (κ1) is 10.3. The Bertz CT molecular complexity index is 163. The average molecular weight is 186 g/mol. The summed E-state index contributed by atoms with van der Waals surface area (Å²) in [5.41, 5.74) is 0. The van der Waals surface area contributed by atoms with Gasteiger partial charge in [0.15, 0.2) is 0 Å². The Hall–Kier alpha value is -0.770. The van der Waals surface area contributed by atoms with E-state index in [1.807, 2.05) is 13.8 Å². The van der Waals surface area contributed by atoms with Gasteiger partial charge in [0.1, 0.15) is 0 Å². The van der Waals surface area contributed by atoms with Gasteiger partial charge in [-0.25, -0.2) is 4.79 Å². The van der Waals surface area contributed by atoms with Crippen LogP contribution in [0.5, 0.6) is 0 Å². The Morgan fingerprint density at radius 3 is 2.31 bits per heavy atom. The molecule has 0 aromatic heterocycles. The van der Waals surface area contributed by atoms with Crippen molar-refractivity contribution in [1.29, 1.82) is 0 Å². The van der Waals surface area contributed by atoms with Crippen molar-refractivity contribution in [3.05, 3.63) is 0 Å². The van der Waals surface area contributed by atoms with Crippen molar-refractivity contribution in [2.24, 2.45) is 0 Å². The third-order valence-corrected chi connectivity index (χ3v) is 2.29. The quantitative estimate of drug-likeness (QED) is 0.669. The molecule has 76 valence electrons. The van der Waals surface area contributed by atoms with E-state index < -0.39 is 0 Å². The van der Waals surface area contributed by atoms with Gasteiger partial charge >= 0.3 is 6.09 Å². The summed E-state index contributed by atoms with van der Waals surface area (Å²) in [7, 11) is 0. The smallest absolute Gasteiger partial charge is 0.351 e. The molecule has 0 atom stereocenters. The van der Waals surface area contributed by atoms with Crippen LogP contribution in [-0.2, 0) is 4.84 Å². The van der Waals surface area contributed by atoms with Gasteiger partial charge in [0.05, 0.1) is 0 Å². The first-order valence-corrected chi connectivity index (χ1v) is 4.99. The molecular weight excluding hydrogens is 168 g/mol. The number of nitrogens with zero attached hydrogens (tertiary/aromatic N) is 2. The van der Waals surface area contributed by atoms with Gasteiger partial charge in [-0.1, -0.05) is 0 Å². The van der Waals surface area contributed by atoms with Crippen molar-refractivity contribution in [2.45, 2.75) is 26.7 Å². The van der Waals surface area contributed by atoms with E-state index in [1.54, 1.807) is 9.96 Å². The molecule has 1 heterocycles. The minimum absolute atomic E-state index is 0.216. The standard InChI is InChI=1S/C9H18N2O2/c1-3-10(4-2)9(12)13-11-7-5-6-8-11/h3-8H2,1-2H3. The molecule has 0 bridgehead atoms. The highest BCUT2D eigenvalue weighted by atomic mass is 16.7. The fourth-order valence-electron chi connectivity index (χ4n) is 1.43. The zero-order valence-electron chi connectivity index (χ0n) is 8.45. The zero-order chi connectivity index (χ0) is 9.68. The van der Waals surface area contributed by atoms with Crippen molar-refractivity contribution in [1.82, 2.24) is 9.96 Å². The van der Waals surface area contributed by atoms with E-state index in [1.165, 1.54) is 0 Å². The molecule has 1 aliphatic heterocycles. The summed E-state index contributed by atoms with van der Waals surface area (Å²) in [5, 5.41) is 1.75. The topological polar surface area (TPSA) is 32.8 Å². The van der Waals surface area contributed by atoms with Gasteiger partial charge in [0, 0.05) is 26.2 Å². The van der Waals surface area contributed by atoms with Crippen LogP contribution in [0.25, 0.3) is 0 Å². The van der Waals surface area contributed by atoms with Gasteiger partial charge < -0.3 is 9.74 Å². The molecule has 0 aliphatic carbocycles. The van der Waals surface area contributed by atoms with Crippen LogP contribution < -0.4 is 0 Å². The predicted octanol–water partition coefficient (Wildman–Crippen LogP) is 1.48. The number of rotatable bonds is 3. The number of carbonyl (C=O) groups excluding carboxylic acids is 1. The van der Waals surface area contributed by atoms with Gasteiger partial charge in [-0.3, -0.25) is 0 Å². The second kappa shape index (κ2) is 5.07. The maximum absolute atomic E-state index is 11.4. The van der Waals surface area contributed by atoms with E-state index in [2.05, 4.69) is 0 Å². The molecule has 0 radical (unpaired) electrons. The van der Waals surface area contributed by atoms with Crippen LogP contribution >= 0.6 is 0 Å². The minimum Gasteiger partial charge on any atom is -0.351 e. The lowest BCUT2D eigenvalue weighted by Crippen LogP contribution is -2.36. The van der Waals surface area contributed by atoms with Crippen molar-refractivity contribution < 1.29 is 9.63 Å². The van der Waals surface area contributed by atoms with Gasteiger partial charge in [-0.05, 0) is 26.7 Å². The number of hydrogen-bond donors (Lipinski definition) is 0. The maximum atomic E-state index is 11.4. The number of hydrogen-bond acceptors (Lipinski definition) is 3. The van der Waals surface area contributed by atoms with Crippen molar-refractivity contribution in [3.63, 3.8) is 0 Å². The summed E-state index contributed by atoms with van der Waals surface area (Å²) >= 11 is 0. The Morgan fingerprint density at radius 1 is 1.31 bits per heavy atom. The predicted molar refractivity (Wildman–Crippen MR) is 50.2 cm³/mol. The van der Waals surface area contributed by atoms with Gasteiger partial charge in [0.2, 0.25) is 0 Å². The minimum atomic E-state index is -0.216. The average Bonchev–Trinajstić information content (AvgIpc) is 2.59. The molecule has 13 heavy (non-hydrogen) atoms. The molecule has 0 N–H and O–H groups in total. The van der Waals surface area contributed by atoms with E-state index in [0.717, 1.165) is 25.9 Å². The van der Waals surface area contributed by atoms with Crippen LogP contribution in [-0.4, -0.2) is 42.2 Å². The molecule has 0 unspecified atom stereocenters. The van der Waals surface area contributed by atoms with Crippen molar-refractivity contribution >= 4 is 6.09 Å². The Balaban J connectivity index is 2.29. The van der Waals surface area contributed by atoms with Gasteiger partial charge in [-0.15, -0.1) is 5.06 Å². The Morgan fingerprint density at radius 2 is 1.85 bits per heavy atom. The summed E-state index contributed by atoms with van der Waals surface area (Å²) in [5.74, 6) is 0. The molecule has 0 aromatic carbocycles. The summed E-state index contributed by atoms with van der Waals surface area (Å²) in [4.78, 5) is 18.3. The molecule has 1 rings (SSSR count). The van der Waals surface area contributed by atoms with E-state index in [4.69, 9.17) is 4.84 Å². The lowest BCUT2D eigenvalue weighted by atomic mass is 10.4. The molecule has 1 fully saturated rings. The monoisotopic (exact) mass is 186 g/mol. The lowest BCUT2D eigenvalue weighted by Gasteiger charge is -2.21. The van der Waals surface area contributed by atoms with E-state index in [-0.39, 0.29) is 6.09 Å². The van der Waals surface area contributed by atoms with E-state index in [9.17, 15) is 4.79 Å². The Labute approximate surface area is 79.4 Å². The summed E-state index contributed by atoms with van der Waals surface area (Å²) in [6, 6.07) is 0. The van der Waals surface area contributed by atoms with Crippen LogP contribution in [0.2, 0.25) is 0 Å². The second-order valence-corrected chi connectivity index (χ2v) is 3.17. The molecule has 4 nitrogen and oxygen atoms in total. The normalized spacial score (nSPS) is 17.4. The number of carbonyl (C=O) groups is 1.